The fraction of sp³-hybridized carbons (Fsp3) is 0.530. The van der Waals surface area contributed by atoms with Crippen LogP contribution in [-0.2, 0) is 28.6 Å². The molecule has 0 bridgehead atoms. The molecule has 0 aromatic carbocycles. The maximum absolute atomic E-state index is 12.7. The van der Waals surface area contributed by atoms with E-state index < -0.39 is 12.1 Å². The first-order chi connectivity index (χ1) is 35.5. The first-order valence-corrected chi connectivity index (χ1v) is 28.1. The van der Waals surface area contributed by atoms with Gasteiger partial charge in [0, 0.05) is 12.8 Å². The molecule has 0 radical (unpaired) electrons. The SMILES string of the molecule is CC/C=C\C/C=C\C/C=C\C/C=C\C/C=C\C/C=C\C/C=C\C/C=C\C/C=C\CCCC(=O)OCC(COC(=O)CCCCCCCCCCCC)OC(=O)C/C=C\C/C=C\C/C=C\C/C=C\C/C=C\CC. The van der Waals surface area contributed by atoms with E-state index in [2.05, 4.69) is 179 Å². The minimum absolute atomic E-state index is 0.0772. The van der Waals surface area contributed by atoms with Crippen molar-refractivity contribution in [2.45, 2.75) is 213 Å². The number of allylic oxidation sites excluding steroid dienone is 27. The van der Waals surface area contributed by atoms with Crippen LogP contribution in [-0.4, -0.2) is 37.2 Å². The number of esters is 3. The van der Waals surface area contributed by atoms with Crippen molar-refractivity contribution >= 4 is 17.9 Å². The molecule has 0 fully saturated rings. The summed E-state index contributed by atoms with van der Waals surface area (Å²) in [6.07, 6.45) is 86.7. The van der Waals surface area contributed by atoms with E-state index in [0.717, 1.165) is 109 Å². The summed E-state index contributed by atoms with van der Waals surface area (Å²) in [6.45, 7) is 6.23. The van der Waals surface area contributed by atoms with Crippen LogP contribution in [0, 0.1) is 0 Å². The Balaban J connectivity index is 4.49. The van der Waals surface area contributed by atoms with Crippen molar-refractivity contribution < 1.29 is 28.6 Å². The molecular weight excluding hydrogens is 889 g/mol. The molecule has 6 heteroatoms. The first kappa shape index (κ1) is 66.8. The van der Waals surface area contributed by atoms with E-state index >= 15 is 0 Å². The number of rotatable bonds is 48. The Morgan fingerprint density at radius 2 is 0.583 bits per heavy atom. The van der Waals surface area contributed by atoms with Gasteiger partial charge in [-0.2, -0.15) is 0 Å². The lowest BCUT2D eigenvalue weighted by Crippen LogP contribution is -2.30. The lowest BCUT2D eigenvalue weighted by Gasteiger charge is -2.18. The van der Waals surface area contributed by atoms with Crippen LogP contribution in [0.3, 0.4) is 0 Å². The largest absolute Gasteiger partial charge is 0.462 e. The minimum atomic E-state index is -0.862. The van der Waals surface area contributed by atoms with Crippen LogP contribution >= 0.6 is 0 Å². The minimum Gasteiger partial charge on any atom is -0.462 e. The molecule has 0 heterocycles. The Morgan fingerprint density at radius 1 is 0.306 bits per heavy atom. The van der Waals surface area contributed by atoms with Crippen molar-refractivity contribution in [2.75, 3.05) is 13.2 Å². The van der Waals surface area contributed by atoms with E-state index in [0.29, 0.717) is 19.3 Å². The van der Waals surface area contributed by atoms with Gasteiger partial charge in [0.25, 0.3) is 0 Å². The summed E-state index contributed by atoms with van der Waals surface area (Å²) in [4.78, 5) is 37.9. The third kappa shape index (κ3) is 55.7. The van der Waals surface area contributed by atoms with Crippen LogP contribution in [0.1, 0.15) is 207 Å². The Hall–Kier alpha value is -5.23. The van der Waals surface area contributed by atoms with E-state index in [1.807, 2.05) is 6.08 Å². The van der Waals surface area contributed by atoms with Gasteiger partial charge >= 0.3 is 17.9 Å². The zero-order valence-corrected chi connectivity index (χ0v) is 45.6. The highest BCUT2D eigenvalue weighted by molar-refractivity contribution is 5.72. The predicted molar refractivity (Wildman–Crippen MR) is 311 cm³/mol. The standard InChI is InChI=1S/C66H100O6/c1-4-7-10-13-16-19-22-24-26-27-28-29-30-31-32-33-34-35-36-37-38-39-41-42-44-47-50-53-56-59-65(68)71-62-63(61-70-64(67)58-55-52-49-46-21-18-15-12-9-6-3)72-66(69)60-57-54-51-48-45-43-40-25-23-20-17-14-11-8-5-2/h7-8,10-11,16-17,19-20,24-26,28-29,31-32,34-35,37-38,40-42,45,47-48,50,54,57,63H,4-6,9,12-15,18,21-23,27,30,33,36,39,43-44,46,49,51-53,55-56,58-62H2,1-3H3/b10-7-,11-8-,19-16-,20-17-,26-24-,29-28-,32-31-,35-34-,38-37-,40-25-,42-41-,48-45-,50-47-,57-54-. The summed E-state index contributed by atoms with van der Waals surface area (Å²) in [6, 6.07) is 0. The van der Waals surface area contributed by atoms with Gasteiger partial charge in [-0.3, -0.25) is 14.4 Å². The summed E-state index contributed by atoms with van der Waals surface area (Å²) < 4.78 is 16.6. The second-order valence-corrected chi connectivity index (χ2v) is 17.8. The van der Waals surface area contributed by atoms with Gasteiger partial charge in [-0.1, -0.05) is 249 Å². The van der Waals surface area contributed by atoms with E-state index in [1.54, 1.807) is 6.08 Å². The second kappa shape index (κ2) is 58.3. The van der Waals surface area contributed by atoms with Crippen molar-refractivity contribution in [3.63, 3.8) is 0 Å². The Bertz CT molecular complexity index is 1700. The monoisotopic (exact) mass is 989 g/mol. The topological polar surface area (TPSA) is 78.9 Å². The molecule has 0 saturated heterocycles. The number of carbonyl (C=O) groups is 3. The molecule has 0 N–H and O–H groups in total. The second-order valence-electron chi connectivity index (χ2n) is 17.8. The number of hydrogen-bond donors (Lipinski definition) is 0. The molecule has 0 rings (SSSR count). The molecule has 0 aliphatic rings. The van der Waals surface area contributed by atoms with Gasteiger partial charge in [0.2, 0.25) is 0 Å². The van der Waals surface area contributed by atoms with Crippen LogP contribution in [0.4, 0.5) is 0 Å². The summed E-state index contributed by atoms with van der Waals surface area (Å²) in [5.74, 6) is -1.15. The molecule has 1 unspecified atom stereocenters. The Kier molecular flexibility index (Phi) is 54.1. The van der Waals surface area contributed by atoms with Crippen molar-refractivity contribution in [1.29, 1.82) is 0 Å². The van der Waals surface area contributed by atoms with Crippen LogP contribution in [0.25, 0.3) is 0 Å². The van der Waals surface area contributed by atoms with Crippen molar-refractivity contribution in [2.24, 2.45) is 0 Å². The molecule has 1 atom stereocenters. The van der Waals surface area contributed by atoms with Crippen LogP contribution in [0.2, 0.25) is 0 Å². The highest BCUT2D eigenvalue weighted by Crippen LogP contribution is 2.12. The Labute approximate surface area is 441 Å². The van der Waals surface area contributed by atoms with Gasteiger partial charge in [-0.15, -0.1) is 0 Å². The van der Waals surface area contributed by atoms with Gasteiger partial charge in [-0.05, 0) is 109 Å². The molecule has 0 aliphatic carbocycles. The summed E-state index contributed by atoms with van der Waals surface area (Å²) in [5.41, 5.74) is 0. The van der Waals surface area contributed by atoms with Gasteiger partial charge in [0.1, 0.15) is 13.2 Å². The van der Waals surface area contributed by atoms with Crippen LogP contribution in [0.5, 0.6) is 0 Å². The predicted octanol–water partition coefficient (Wildman–Crippen LogP) is 19.1. The van der Waals surface area contributed by atoms with Gasteiger partial charge in [0.05, 0.1) is 6.42 Å². The molecule has 6 nitrogen and oxygen atoms in total. The van der Waals surface area contributed by atoms with Crippen molar-refractivity contribution in [3.8, 4) is 0 Å². The molecule has 0 spiro atoms. The molecule has 72 heavy (non-hydrogen) atoms. The number of unbranched alkanes of at least 4 members (excludes halogenated alkanes) is 10. The summed E-state index contributed by atoms with van der Waals surface area (Å²) in [5, 5.41) is 0. The number of ether oxygens (including phenoxy) is 3. The molecule has 0 amide bonds. The number of carbonyl (C=O) groups excluding carboxylic acids is 3. The Morgan fingerprint density at radius 3 is 0.917 bits per heavy atom. The fourth-order valence-electron chi connectivity index (χ4n) is 6.87. The average Bonchev–Trinajstić information content (AvgIpc) is 3.38. The average molecular weight is 990 g/mol. The molecule has 0 aliphatic heterocycles. The number of hydrogen-bond acceptors (Lipinski definition) is 6. The van der Waals surface area contributed by atoms with Crippen molar-refractivity contribution in [1.82, 2.24) is 0 Å². The third-order valence-electron chi connectivity index (χ3n) is 11.0. The molecule has 0 saturated carbocycles. The van der Waals surface area contributed by atoms with E-state index in [4.69, 9.17) is 14.2 Å². The zero-order valence-electron chi connectivity index (χ0n) is 45.6. The molecule has 0 aromatic heterocycles. The summed E-state index contributed by atoms with van der Waals surface area (Å²) in [7, 11) is 0. The maximum Gasteiger partial charge on any atom is 0.310 e. The van der Waals surface area contributed by atoms with E-state index in [1.165, 1.54) is 44.9 Å². The van der Waals surface area contributed by atoms with Gasteiger partial charge in [-0.25, -0.2) is 0 Å². The lowest BCUT2D eigenvalue weighted by molar-refractivity contribution is -0.166. The van der Waals surface area contributed by atoms with Crippen molar-refractivity contribution in [3.05, 3.63) is 170 Å². The van der Waals surface area contributed by atoms with E-state index in [9.17, 15) is 14.4 Å². The first-order valence-electron chi connectivity index (χ1n) is 28.1. The quantitative estimate of drug-likeness (QED) is 0.0262. The molecular formula is C66H100O6. The smallest absolute Gasteiger partial charge is 0.310 e. The van der Waals surface area contributed by atoms with Crippen LogP contribution in [0.15, 0.2) is 170 Å². The highest BCUT2D eigenvalue weighted by Gasteiger charge is 2.19. The highest BCUT2D eigenvalue weighted by atomic mass is 16.6. The zero-order chi connectivity index (χ0) is 52.2. The lowest BCUT2D eigenvalue weighted by atomic mass is 10.1. The van der Waals surface area contributed by atoms with E-state index in [-0.39, 0.29) is 38.0 Å². The van der Waals surface area contributed by atoms with Gasteiger partial charge in [0.15, 0.2) is 6.10 Å². The van der Waals surface area contributed by atoms with Crippen LogP contribution < -0.4 is 0 Å². The molecule has 400 valence electrons. The normalized spacial score (nSPS) is 13.4. The fourth-order valence-corrected chi connectivity index (χ4v) is 6.87. The van der Waals surface area contributed by atoms with Gasteiger partial charge < -0.3 is 14.2 Å². The maximum atomic E-state index is 12.7. The molecule has 0 aromatic rings. The summed E-state index contributed by atoms with van der Waals surface area (Å²) >= 11 is 0. The third-order valence-corrected chi connectivity index (χ3v) is 11.0.